The second-order valence-corrected chi connectivity index (χ2v) is 7.56. The van der Waals surface area contributed by atoms with Crippen LogP contribution in [0.5, 0.6) is 11.5 Å². The summed E-state index contributed by atoms with van der Waals surface area (Å²) in [6.07, 6.45) is 1.35. The van der Waals surface area contributed by atoms with Crippen molar-refractivity contribution in [2.24, 2.45) is 5.92 Å². The highest BCUT2D eigenvalue weighted by Gasteiger charge is 2.35. The fourth-order valence-corrected chi connectivity index (χ4v) is 3.69. The van der Waals surface area contributed by atoms with Crippen LogP contribution in [-0.4, -0.2) is 29.3 Å². The van der Waals surface area contributed by atoms with E-state index in [0.717, 1.165) is 17.7 Å². The van der Waals surface area contributed by atoms with E-state index in [1.54, 1.807) is 4.90 Å². The van der Waals surface area contributed by atoms with Crippen molar-refractivity contribution in [2.45, 2.75) is 45.7 Å². The molecular formula is C23H28N2O3. The van der Waals surface area contributed by atoms with Gasteiger partial charge in [0, 0.05) is 18.5 Å². The molecule has 2 unspecified atom stereocenters. The number of likely N-dealkylation sites (tertiary alicyclic amines) is 1. The van der Waals surface area contributed by atoms with Gasteiger partial charge >= 0.3 is 0 Å². The second-order valence-electron chi connectivity index (χ2n) is 7.56. The number of ether oxygens (including phenoxy) is 1. The van der Waals surface area contributed by atoms with Gasteiger partial charge in [-0.25, -0.2) is 0 Å². The lowest BCUT2D eigenvalue weighted by Crippen LogP contribution is -2.50. The summed E-state index contributed by atoms with van der Waals surface area (Å²) in [5, 5.41) is 3.09. The first-order chi connectivity index (χ1) is 13.5. The van der Waals surface area contributed by atoms with E-state index in [2.05, 4.69) is 5.32 Å². The summed E-state index contributed by atoms with van der Waals surface area (Å²) in [6, 6.07) is 16.6. The molecule has 2 aromatic rings. The Kier molecular flexibility index (Phi) is 6.34. The lowest BCUT2D eigenvalue weighted by atomic mass is 10.0. The smallest absolute Gasteiger partial charge is 0.243 e. The molecule has 5 nitrogen and oxygen atoms in total. The van der Waals surface area contributed by atoms with Crippen LogP contribution in [0.3, 0.4) is 0 Å². The zero-order chi connectivity index (χ0) is 20.1. The van der Waals surface area contributed by atoms with Gasteiger partial charge in [0.2, 0.25) is 11.8 Å². The zero-order valence-electron chi connectivity index (χ0n) is 16.7. The molecule has 0 spiro atoms. The van der Waals surface area contributed by atoms with Crippen LogP contribution in [0, 0.1) is 5.92 Å². The summed E-state index contributed by atoms with van der Waals surface area (Å²) < 4.78 is 6.02. The monoisotopic (exact) mass is 380 g/mol. The van der Waals surface area contributed by atoms with Crippen LogP contribution in [0.25, 0.3) is 0 Å². The zero-order valence-corrected chi connectivity index (χ0v) is 16.7. The first kappa shape index (κ1) is 19.9. The number of benzene rings is 2. The van der Waals surface area contributed by atoms with Crippen molar-refractivity contribution < 1.29 is 14.3 Å². The predicted octanol–water partition coefficient (Wildman–Crippen LogP) is 4.30. The number of amides is 2. The Morgan fingerprint density at radius 1 is 1.04 bits per heavy atom. The van der Waals surface area contributed by atoms with Crippen LogP contribution < -0.4 is 10.1 Å². The molecule has 5 heteroatoms. The van der Waals surface area contributed by atoms with Gasteiger partial charge in [-0.15, -0.1) is 0 Å². The molecule has 28 heavy (non-hydrogen) atoms. The van der Waals surface area contributed by atoms with E-state index in [0.29, 0.717) is 18.7 Å². The molecule has 2 amide bonds. The Bertz CT molecular complexity index is 820. The van der Waals surface area contributed by atoms with Gasteiger partial charge in [0.1, 0.15) is 17.5 Å². The minimum Gasteiger partial charge on any atom is -0.457 e. The van der Waals surface area contributed by atoms with Gasteiger partial charge in [-0.2, -0.15) is 0 Å². The molecule has 1 aliphatic heterocycles. The second kappa shape index (κ2) is 8.91. The Balaban J connectivity index is 1.76. The van der Waals surface area contributed by atoms with Crippen LogP contribution in [-0.2, 0) is 9.59 Å². The quantitative estimate of drug-likeness (QED) is 0.779. The summed E-state index contributed by atoms with van der Waals surface area (Å²) in [4.78, 5) is 26.9. The summed E-state index contributed by atoms with van der Waals surface area (Å²) in [5.74, 6) is 1.45. The third kappa shape index (κ3) is 4.53. The molecule has 2 aromatic carbocycles. The molecule has 2 atom stereocenters. The number of hydrogen-bond donors (Lipinski definition) is 1. The highest BCUT2D eigenvalue weighted by molar-refractivity contribution is 5.89. The van der Waals surface area contributed by atoms with Crippen LogP contribution in [0.15, 0.2) is 54.6 Å². The van der Waals surface area contributed by atoms with Crippen LogP contribution >= 0.6 is 0 Å². The van der Waals surface area contributed by atoms with Crippen molar-refractivity contribution in [2.75, 3.05) is 6.54 Å². The van der Waals surface area contributed by atoms with Crippen molar-refractivity contribution in [3.05, 3.63) is 60.2 Å². The maximum atomic E-state index is 13.0. The fourth-order valence-electron chi connectivity index (χ4n) is 3.69. The molecule has 148 valence electrons. The van der Waals surface area contributed by atoms with Gasteiger partial charge in [-0.1, -0.05) is 50.2 Å². The first-order valence-corrected chi connectivity index (χ1v) is 9.89. The standard InChI is InChI=1S/C23H28N2O3/c1-16(2)22(25-15-9-14-21(25)26)23(27)24-17(3)19-12-7-8-13-20(19)28-18-10-5-4-6-11-18/h4-8,10-13,16-17,22H,9,14-15H2,1-3H3,(H,24,27). The van der Waals surface area contributed by atoms with E-state index in [9.17, 15) is 9.59 Å². The SMILES string of the molecule is CC(NC(=O)C(C(C)C)N1CCCC1=O)c1ccccc1Oc1ccccc1. The summed E-state index contributed by atoms with van der Waals surface area (Å²) in [5.41, 5.74) is 0.898. The van der Waals surface area contributed by atoms with Crippen LogP contribution in [0.2, 0.25) is 0 Å². The Labute approximate surface area is 166 Å². The van der Waals surface area contributed by atoms with Crippen molar-refractivity contribution >= 4 is 11.8 Å². The number of carbonyl (C=O) groups excluding carboxylic acids is 2. The summed E-state index contributed by atoms with van der Waals surface area (Å²) in [7, 11) is 0. The molecule has 1 fully saturated rings. The number of hydrogen-bond acceptors (Lipinski definition) is 3. The number of nitrogens with one attached hydrogen (secondary N) is 1. The van der Waals surface area contributed by atoms with E-state index < -0.39 is 6.04 Å². The molecular weight excluding hydrogens is 352 g/mol. The van der Waals surface area contributed by atoms with Crippen molar-refractivity contribution in [3.63, 3.8) is 0 Å². The third-order valence-corrected chi connectivity index (χ3v) is 5.06. The molecule has 0 aromatic heterocycles. The predicted molar refractivity (Wildman–Crippen MR) is 109 cm³/mol. The first-order valence-electron chi connectivity index (χ1n) is 9.89. The maximum Gasteiger partial charge on any atom is 0.243 e. The third-order valence-electron chi connectivity index (χ3n) is 5.06. The Hall–Kier alpha value is -2.82. The maximum absolute atomic E-state index is 13.0. The Morgan fingerprint density at radius 3 is 2.36 bits per heavy atom. The number of carbonyl (C=O) groups is 2. The molecule has 0 aliphatic carbocycles. The van der Waals surface area contributed by atoms with E-state index >= 15 is 0 Å². The van der Waals surface area contributed by atoms with E-state index in [1.807, 2.05) is 75.4 Å². The number of rotatable bonds is 7. The molecule has 0 saturated carbocycles. The summed E-state index contributed by atoms with van der Waals surface area (Å²) >= 11 is 0. The molecule has 1 heterocycles. The van der Waals surface area contributed by atoms with Crippen LogP contribution in [0.1, 0.15) is 45.2 Å². The number of nitrogens with zero attached hydrogens (tertiary/aromatic N) is 1. The van der Waals surface area contributed by atoms with Gasteiger partial charge < -0.3 is 15.0 Å². The normalized spacial score (nSPS) is 16.1. The van der Waals surface area contributed by atoms with Crippen molar-refractivity contribution in [1.29, 1.82) is 0 Å². The van der Waals surface area contributed by atoms with Gasteiger partial charge in [-0.05, 0) is 37.5 Å². The molecule has 0 radical (unpaired) electrons. The molecule has 1 aliphatic rings. The van der Waals surface area contributed by atoms with E-state index in [1.165, 1.54) is 0 Å². The lowest BCUT2D eigenvalue weighted by molar-refractivity contribution is -0.139. The number of para-hydroxylation sites is 2. The Morgan fingerprint density at radius 2 is 1.71 bits per heavy atom. The highest BCUT2D eigenvalue weighted by atomic mass is 16.5. The van der Waals surface area contributed by atoms with E-state index in [4.69, 9.17) is 4.74 Å². The van der Waals surface area contributed by atoms with Crippen molar-refractivity contribution in [1.82, 2.24) is 10.2 Å². The fraction of sp³-hybridized carbons (Fsp3) is 0.391. The molecule has 0 bridgehead atoms. The van der Waals surface area contributed by atoms with Gasteiger partial charge in [0.15, 0.2) is 0 Å². The van der Waals surface area contributed by atoms with E-state index in [-0.39, 0.29) is 23.8 Å². The molecule has 1 N–H and O–H groups in total. The van der Waals surface area contributed by atoms with Crippen LogP contribution in [0.4, 0.5) is 0 Å². The minimum absolute atomic E-state index is 0.0464. The van der Waals surface area contributed by atoms with Gasteiger partial charge in [-0.3, -0.25) is 9.59 Å². The van der Waals surface area contributed by atoms with Crippen molar-refractivity contribution in [3.8, 4) is 11.5 Å². The average Bonchev–Trinajstić information content (AvgIpc) is 3.08. The molecule has 1 saturated heterocycles. The van der Waals surface area contributed by atoms with Gasteiger partial charge in [0.25, 0.3) is 0 Å². The van der Waals surface area contributed by atoms with Gasteiger partial charge in [0.05, 0.1) is 6.04 Å². The average molecular weight is 380 g/mol. The highest BCUT2D eigenvalue weighted by Crippen LogP contribution is 2.30. The largest absolute Gasteiger partial charge is 0.457 e. The molecule has 3 rings (SSSR count). The lowest BCUT2D eigenvalue weighted by Gasteiger charge is -2.31. The topological polar surface area (TPSA) is 58.6 Å². The minimum atomic E-state index is -0.445. The summed E-state index contributed by atoms with van der Waals surface area (Å²) in [6.45, 7) is 6.55.